The van der Waals surface area contributed by atoms with E-state index >= 15 is 0 Å². The number of rotatable bonds is 14. The highest BCUT2D eigenvalue weighted by atomic mass is 16.5. The Morgan fingerprint density at radius 2 is 1.00 bits per heavy atom. The molecule has 2 aliphatic heterocycles. The number of hydrogen-bond acceptors (Lipinski definition) is 8. The summed E-state index contributed by atoms with van der Waals surface area (Å²) >= 11 is 0. The van der Waals surface area contributed by atoms with E-state index in [2.05, 4.69) is 109 Å². The van der Waals surface area contributed by atoms with Gasteiger partial charge in [-0.25, -0.2) is 4.90 Å². The number of carbonyl (C=O) groups is 4. The highest BCUT2D eigenvalue weighted by molar-refractivity contribution is 6.34. The third-order valence-electron chi connectivity index (χ3n) is 15.3. The van der Waals surface area contributed by atoms with E-state index in [1.165, 1.54) is 16.0 Å². The Hall–Kier alpha value is -8.24. The molecule has 368 valence electrons. The molecule has 73 heavy (non-hydrogen) atoms. The number of ether oxygens (including phenoxy) is 4. The normalized spacial score (nSPS) is 19.3. The van der Waals surface area contributed by atoms with E-state index in [-0.39, 0.29) is 27.4 Å². The maximum Gasteiger partial charge on any atom is 0.266 e. The summed E-state index contributed by atoms with van der Waals surface area (Å²) in [6.45, 7) is 17.7. The van der Waals surface area contributed by atoms with Gasteiger partial charge in [0.1, 0.15) is 45.9 Å². The smallest absolute Gasteiger partial charge is 0.266 e. The first-order chi connectivity index (χ1) is 34.8. The van der Waals surface area contributed by atoms with E-state index in [0.29, 0.717) is 62.8 Å². The molecule has 10 rings (SSSR count). The first kappa shape index (κ1) is 48.4. The van der Waals surface area contributed by atoms with Gasteiger partial charge < -0.3 is 18.9 Å². The molecule has 1 N–H and O–H groups in total. The van der Waals surface area contributed by atoms with E-state index in [0.717, 1.165) is 29.7 Å². The van der Waals surface area contributed by atoms with Gasteiger partial charge in [-0.05, 0) is 168 Å². The van der Waals surface area contributed by atoms with Crippen LogP contribution in [0.3, 0.4) is 0 Å². The van der Waals surface area contributed by atoms with Gasteiger partial charge in [-0.3, -0.25) is 24.5 Å². The van der Waals surface area contributed by atoms with Crippen LogP contribution in [0.2, 0.25) is 0 Å². The third-order valence-corrected chi connectivity index (χ3v) is 15.3. The van der Waals surface area contributed by atoms with Crippen molar-refractivity contribution in [2.75, 3.05) is 4.90 Å². The standard InChI is InChI=1S/C63H58N2O8/c1-39(2)40-29-35-63(8,36-30-40)73-49-31-33-62(7,34-32-49)61(5,6)43-13-21-45(22-14-43)70-48-23-15-44(16-24-48)65-58(68)53-28-26-51(38-55(53)59(65)69)72-47-19-11-42(12-20-47)60(3,4)41-9-17-46(18-10-41)71-50-25-27-52-54(37-50)57(67)64-56(52)66/h9-33,35,37-39H,34,36H2,1-8H3,(H,64,66,67). The van der Waals surface area contributed by atoms with Crippen molar-refractivity contribution >= 4 is 29.3 Å². The van der Waals surface area contributed by atoms with Crippen LogP contribution in [-0.4, -0.2) is 29.2 Å². The van der Waals surface area contributed by atoms with Gasteiger partial charge in [-0.1, -0.05) is 103 Å². The summed E-state index contributed by atoms with van der Waals surface area (Å²) < 4.78 is 25.0. The van der Waals surface area contributed by atoms with Crippen molar-refractivity contribution in [1.82, 2.24) is 5.32 Å². The lowest BCUT2D eigenvalue weighted by Gasteiger charge is -2.44. The number of amides is 4. The van der Waals surface area contributed by atoms with Gasteiger partial charge in [-0.2, -0.15) is 0 Å². The zero-order valence-electron chi connectivity index (χ0n) is 42.4. The summed E-state index contributed by atoms with van der Waals surface area (Å²) in [5.41, 5.74) is 5.17. The van der Waals surface area contributed by atoms with Crippen molar-refractivity contribution in [3.05, 3.63) is 220 Å². The predicted octanol–water partition coefficient (Wildman–Crippen LogP) is 14.5. The second kappa shape index (κ2) is 18.4. The number of benzene rings is 6. The molecule has 4 amide bonds. The van der Waals surface area contributed by atoms with E-state index < -0.39 is 23.6 Å². The van der Waals surface area contributed by atoms with Crippen molar-refractivity contribution in [1.29, 1.82) is 0 Å². The Morgan fingerprint density at radius 3 is 1.52 bits per heavy atom. The molecule has 0 saturated carbocycles. The summed E-state index contributed by atoms with van der Waals surface area (Å²) in [5.74, 6) is 3.01. The summed E-state index contributed by atoms with van der Waals surface area (Å²) in [6.07, 6.45) is 15.0. The molecule has 2 atom stereocenters. The lowest BCUT2D eigenvalue weighted by Crippen LogP contribution is -2.38. The predicted molar refractivity (Wildman–Crippen MR) is 283 cm³/mol. The Balaban J connectivity index is 0.735. The van der Waals surface area contributed by atoms with Crippen molar-refractivity contribution in [3.63, 3.8) is 0 Å². The third kappa shape index (κ3) is 9.29. The van der Waals surface area contributed by atoms with Gasteiger partial charge in [0.2, 0.25) is 0 Å². The first-order valence-corrected chi connectivity index (χ1v) is 24.7. The summed E-state index contributed by atoms with van der Waals surface area (Å²) in [4.78, 5) is 52.7. The molecule has 0 fully saturated rings. The molecular formula is C63H58N2O8. The van der Waals surface area contributed by atoms with Crippen molar-refractivity contribution in [3.8, 4) is 34.5 Å². The number of nitrogens with one attached hydrogen (secondary N) is 1. The summed E-state index contributed by atoms with van der Waals surface area (Å²) in [6, 6.07) is 40.4. The van der Waals surface area contributed by atoms with Crippen LogP contribution >= 0.6 is 0 Å². The average Bonchev–Trinajstić information content (AvgIpc) is 3.80. The highest BCUT2D eigenvalue weighted by Gasteiger charge is 2.42. The molecule has 0 spiro atoms. The minimum atomic E-state index is -0.435. The number of imide groups is 2. The minimum absolute atomic E-state index is 0.147. The Morgan fingerprint density at radius 1 is 0.521 bits per heavy atom. The van der Waals surface area contributed by atoms with Crippen LogP contribution in [0.4, 0.5) is 5.69 Å². The van der Waals surface area contributed by atoms with Gasteiger partial charge in [0.15, 0.2) is 0 Å². The molecule has 10 nitrogen and oxygen atoms in total. The molecule has 0 aromatic heterocycles. The largest absolute Gasteiger partial charge is 0.484 e. The van der Waals surface area contributed by atoms with Crippen molar-refractivity contribution < 1.29 is 38.1 Å². The van der Waals surface area contributed by atoms with E-state index in [9.17, 15) is 19.2 Å². The van der Waals surface area contributed by atoms with Crippen LogP contribution in [0.1, 0.15) is 126 Å². The number of anilines is 1. The van der Waals surface area contributed by atoms with E-state index in [1.807, 2.05) is 60.7 Å². The molecule has 0 bridgehead atoms. The molecule has 0 radical (unpaired) electrons. The second-order valence-corrected chi connectivity index (χ2v) is 21.1. The molecule has 6 aromatic carbocycles. The molecule has 6 aromatic rings. The van der Waals surface area contributed by atoms with Crippen LogP contribution in [0.25, 0.3) is 0 Å². The van der Waals surface area contributed by atoms with Crippen LogP contribution in [0, 0.1) is 11.3 Å². The fourth-order valence-electron chi connectivity index (χ4n) is 9.87. The first-order valence-electron chi connectivity index (χ1n) is 24.7. The van der Waals surface area contributed by atoms with Crippen molar-refractivity contribution in [2.24, 2.45) is 11.3 Å². The topological polar surface area (TPSA) is 120 Å². The minimum Gasteiger partial charge on any atom is -0.484 e. The Kier molecular flexibility index (Phi) is 12.2. The molecule has 4 aliphatic rings. The molecule has 0 saturated heterocycles. The van der Waals surface area contributed by atoms with Crippen LogP contribution in [0.15, 0.2) is 181 Å². The number of hydrogen-bond donors (Lipinski definition) is 1. The SMILES string of the molecule is CC(C)C1=CCC(C)(OC2=CCC(C)(C(C)(C)c3ccc(Oc4ccc(N5C(=O)c6ccc(Oc7ccc(C(C)(C)c8ccc(Oc9ccc%10c(c9)C(=O)NC%10=O)cc8)cc7)cc6C5=O)cc4)cc3)C=C2)C=C1. The van der Waals surface area contributed by atoms with Crippen molar-refractivity contribution in [2.45, 2.75) is 84.7 Å². The summed E-state index contributed by atoms with van der Waals surface area (Å²) in [5, 5.41) is 2.30. The lowest BCUT2D eigenvalue weighted by atomic mass is 9.60. The van der Waals surface area contributed by atoms with Crippen LogP contribution < -0.4 is 24.4 Å². The molecule has 2 aliphatic carbocycles. The Bertz CT molecular complexity index is 3320. The molecule has 2 unspecified atom stereocenters. The molecular weight excluding hydrogens is 913 g/mol. The maximum atomic E-state index is 13.8. The molecule has 2 heterocycles. The Labute approximate surface area is 426 Å². The number of fused-ring (bicyclic) bond motifs is 2. The fourth-order valence-corrected chi connectivity index (χ4v) is 9.87. The van der Waals surface area contributed by atoms with Crippen LogP contribution in [-0.2, 0) is 15.6 Å². The van der Waals surface area contributed by atoms with Gasteiger partial charge in [0.25, 0.3) is 23.6 Å². The summed E-state index contributed by atoms with van der Waals surface area (Å²) in [7, 11) is 0. The lowest BCUT2D eigenvalue weighted by molar-refractivity contribution is 0.0668. The zero-order chi connectivity index (χ0) is 51.5. The van der Waals surface area contributed by atoms with Gasteiger partial charge in [0.05, 0.1) is 27.9 Å². The van der Waals surface area contributed by atoms with E-state index in [4.69, 9.17) is 18.9 Å². The van der Waals surface area contributed by atoms with Crippen LogP contribution in [0.5, 0.6) is 34.5 Å². The molecule has 10 heteroatoms. The monoisotopic (exact) mass is 970 g/mol. The van der Waals surface area contributed by atoms with Gasteiger partial charge >= 0.3 is 0 Å². The van der Waals surface area contributed by atoms with Gasteiger partial charge in [0, 0.05) is 11.8 Å². The quantitative estimate of drug-likeness (QED) is 0.107. The fraction of sp³-hybridized carbons (Fsp3) is 0.238. The average molecular weight is 971 g/mol. The highest BCUT2D eigenvalue weighted by Crippen LogP contribution is 2.49. The second-order valence-electron chi connectivity index (χ2n) is 21.1. The van der Waals surface area contributed by atoms with E-state index in [1.54, 1.807) is 60.7 Å². The number of allylic oxidation sites excluding steroid dienone is 5. The zero-order valence-corrected chi connectivity index (χ0v) is 42.4. The van der Waals surface area contributed by atoms with Gasteiger partial charge in [-0.15, -0.1) is 0 Å². The maximum absolute atomic E-state index is 13.8. The number of carbonyl (C=O) groups excluding carboxylic acids is 4. The number of nitrogens with zero attached hydrogens (tertiary/aromatic N) is 1.